The van der Waals surface area contributed by atoms with Gasteiger partial charge in [0.2, 0.25) is 0 Å². The predicted octanol–water partition coefficient (Wildman–Crippen LogP) is 3.28. The zero-order chi connectivity index (χ0) is 20.8. The van der Waals surface area contributed by atoms with Crippen LogP contribution in [-0.2, 0) is 24.9 Å². The van der Waals surface area contributed by atoms with E-state index in [-0.39, 0.29) is 31.2 Å². The standard InChI is InChI=1S/C18H33N2O6P/c1-12(2)8-16(10-20-9-15(7)17(21)19-18(20)22)24-11-27(23,25-13(3)4)26-14(5)6/h9,12-14,16H,8,10-11H2,1-7H3,(H,19,21,22)/t16-/m0/s1. The average Bonchev–Trinajstić information content (AvgIpc) is 2.48. The predicted molar refractivity (Wildman–Crippen MR) is 105 cm³/mol. The third kappa shape index (κ3) is 8.56. The number of hydrogen-bond acceptors (Lipinski definition) is 6. The minimum absolute atomic E-state index is 0.197. The highest BCUT2D eigenvalue weighted by atomic mass is 31.2. The number of nitrogens with zero attached hydrogens (tertiary/aromatic N) is 1. The number of H-pyrrole nitrogens is 1. The summed E-state index contributed by atoms with van der Waals surface area (Å²) in [6.45, 7) is 13.1. The summed E-state index contributed by atoms with van der Waals surface area (Å²) in [6, 6.07) is 0. The lowest BCUT2D eigenvalue weighted by Crippen LogP contribution is -2.35. The van der Waals surface area contributed by atoms with E-state index >= 15 is 0 Å². The van der Waals surface area contributed by atoms with Gasteiger partial charge >= 0.3 is 13.3 Å². The number of nitrogens with one attached hydrogen (secondary N) is 1. The van der Waals surface area contributed by atoms with E-state index < -0.39 is 18.8 Å². The molecule has 0 spiro atoms. The monoisotopic (exact) mass is 404 g/mol. The van der Waals surface area contributed by atoms with Crippen molar-refractivity contribution in [1.82, 2.24) is 9.55 Å². The Morgan fingerprint density at radius 1 is 1.07 bits per heavy atom. The molecule has 1 rings (SSSR count). The highest BCUT2D eigenvalue weighted by Crippen LogP contribution is 2.50. The van der Waals surface area contributed by atoms with Crippen molar-refractivity contribution >= 4 is 7.60 Å². The van der Waals surface area contributed by atoms with Gasteiger partial charge in [-0.3, -0.25) is 18.9 Å². The molecule has 27 heavy (non-hydrogen) atoms. The van der Waals surface area contributed by atoms with Crippen molar-refractivity contribution in [1.29, 1.82) is 0 Å². The van der Waals surface area contributed by atoms with Gasteiger partial charge < -0.3 is 13.8 Å². The number of hydrogen-bond donors (Lipinski definition) is 1. The maximum Gasteiger partial charge on any atom is 0.356 e. The third-order valence-electron chi connectivity index (χ3n) is 3.53. The van der Waals surface area contributed by atoms with Crippen molar-refractivity contribution < 1.29 is 18.3 Å². The molecule has 0 saturated carbocycles. The van der Waals surface area contributed by atoms with E-state index in [0.717, 1.165) is 0 Å². The van der Waals surface area contributed by atoms with Crippen molar-refractivity contribution in [3.8, 4) is 0 Å². The summed E-state index contributed by atoms with van der Waals surface area (Å²) in [5.41, 5.74) is -0.462. The van der Waals surface area contributed by atoms with E-state index in [2.05, 4.69) is 4.98 Å². The fraction of sp³-hybridized carbons (Fsp3) is 0.778. The molecule has 9 heteroatoms. The Hall–Kier alpha value is -1.21. The molecule has 1 heterocycles. The van der Waals surface area contributed by atoms with Crippen LogP contribution in [0.25, 0.3) is 0 Å². The average molecular weight is 404 g/mol. The van der Waals surface area contributed by atoms with E-state index in [9.17, 15) is 14.2 Å². The molecule has 0 fully saturated rings. The lowest BCUT2D eigenvalue weighted by atomic mass is 10.1. The first-order valence-corrected chi connectivity index (χ1v) is 11.0. The van der Waals surface area contributed by atoms with Gasteiger partial charge in [-0.25, -0.2) is 4.79 Å². The van der Waals surface area contributed by atoms with Crippen molar-refractivity contribution in [2.45, 2.75) is 79.7 Å². The molecule has 0 aliphatic heterocycles. The van der Waals surface area contributed by atoms with Crippen LogP contribution in [0.4, 0.5) is 0 Å². The first-order chi connectivity index (χ1) is 12.4. The lowest BCUT2D eigenvalue weighted by molar-refractivity contribution is 0.0322. The fourth-order valence-electron chi connectivity index (χ4n) is 2.62. The van der Waals surface area contributed by atoms with E-state index in [1.165, 1.54) is 10.8 Å². The summed E-state index contributed by atoms with van der Waals surface area (Å²) in [5.74, 6) is 0.297. The van der Waals surface area contributed by atoms with Crippen LogP contribution in [0.1, 0.15) is 53.5 Å². The molecule has 1 aromatic heterocycles. The zero-order valence-electron chi connectivity index (χ0n) is 17.4. The molecule has 0 aromatic carbocycles. The highest BCUT2D eigenvalue weighted by Gasteiger charge is 2.30. The minimum atomic E-state index is -3.43. The Labute approximate surface area is 160 Å². The van der Waals surface area contributed by atoms with Crippen LogP contribution < -0.4 is 11.2 Å². The molecule has 0 radical (unpaired) electrons. The maximum atomic E-state index is 13.0. The Balaban J connectivity index is 2.97. The quantitative estimate of drug-likeness (QED) is 0.568. The van der Waals surface area contributed by atoms with Gasteiger partial charge in [-0.15, -0.1) is 0 Å². The van der Waals surface area contributed by atoms with Crippen molar-refractivity contribution in [2.75, 3.05) is 6.35 Å². The molecule has 0 aliphatic rings. The molecule has 1 aromatic rings. The molecule has 0 unspecified atom stereocenters. The van der Waals surface area contributed by atoms with Gasteiger partial charge in [-0.1, -0.05) is 13.8 Å². The minimum Gasteiger partial charge on any atom is -0.364 e. The molecule has 1 N–H and O–H groups in total. The van der Waals surface area contributed by atoms with Crippen LogP contribution in [-0.4, -0.2) is 34.2 Å². The molecule has 0 amide bonds. The summed E-state index contributed by atoms with van der Waals surface area (Å²) in [4.78, 5) is 25.9. The Kier molecular flexibility index (Phi) is 9.15. The maximum absolute atomic E-state index is 13.0. The molecule has 0 saturated heterocycles. The van der Waals surface area contributed by atoms with E-state index in [4.69, 9.17) is 13.8 Å². The summed E-state index contributed by atoms with van der Waals surface area (Å²) in [7, 11) is -3.43. The van der Waals surface area contributed by atoms with Crippen molar-refractivity contribution in [2.24, 2.45) is 5.92 Å². The van der Waals surface area contributed by atoms with Gasteiger partial charge in [-0.05, 0) is 47.0 Å². The van der Waals surface area contributed by atoms with E-state index in [0.29, 0.717) is 17.9 Å². The van der Waals surface area contributed by atoms with E-state index in [1.54, 1.807) is 34.6 Å². The van der Waals surface area contributed by atoms with Crippen LogP contribution in [0, 0.1) is 12.8 Å². The zero-order valence-corrected chi connectivity index (χ0v) is 18.2. The number of rotatable bonds is 11. The van der Waals surface area contributed by atoms with Crippen molar-refractivity contribution in [3.63, 3.8) is 0 Å². The van der Waals surface area contributed by atoms with Crippen LogP contribution in [0.15, 0.2) is 15.8 Å². The molecule has 156 valence electrons. The second kappa shape index (κ2) is 10.4. The van der Waals surface area contributed by atoms with Gasteiger partial charge in [0.05, 0.1) is 24.9 Å². The third-order valence-corrected chi connectivity index (χ3v) is 5.49. The first-order valence-electron chi connectivity index (χ1n) is 9.29. The highest BCUT2D eigenvalue weighted by molar-refractivity contribution is 7.53. The molecule has 0 bridgehead atoms. The SMILES string of the molecule is Cc1cn(C[C@H](CC(C)C)OCP(=O)(OC(C)C)OC(C)C)c(=O)[nH]c1=O. The van der Waals surface area contributed by atoms with Crippen LogP contribution in [0.2, 0.25) is 0 Å². The molecule has 8 nitrogen and oxygen atoms in total. The smallest absolute Gasteiger partial charge is 0.356 e. The van der Waals surface area contributed by atoms with Gasteiger partial charge in [0.1, 0.15) is 6.35 Å². The van der Waals surface area contributed by atoms with Crippen molar-refractivity contribution in [3.05, 3.63) is 32.6 Å². The van der Waals surface area contributed by atoms with Gasteiger partial charge in [0.25, 0.3) is 5.56 Å². The largest absolute Gasteiger partial charge is 0.364 e. The summed E-state index contributed by atoms with van der Waals surface area (Å²) >= 11 is 0. The van der Waals surface area contributed by atoms with Gasteiger partial charge in [-0.2, -0.15) is 0 Å². The second-order valence-corrected chi connectivity index (χ2v) is 9.59. The Morgan fingerprint density at radius 2 is 1.63 bits per heavy atom. The molecular formula is C18H33N2O6P. The second-order valence-electron chi connectivity index (χ2n) is 7.69. The van der Waals surface area contributed by atoms with Gasteiger partial charge in [0, 0.05) is 11.8 Å². The molecule has 1 atom stereocenters. The number of ether oxygens (including phenoxy) is 1. The Bertz CT molecular complexity index is 739. The fourth-order valence-corrected chi connectivity index (χ4v) is 4.47. The number of aryl methyl sites for hydroxylation is 1. The van der Waals surface area contributed by atoms with Crippen LogP contribution in [0.5, 0.6) is 0 Å². The first kappa shape index (κ1) is 23.8. The normalized spacial score (nSPS) is 13.7. The van der Waals surface area contributed by atoms with E-state index in [1.807, 2.05) is 13.8 Å². The topological polar surface area (TPSA) is 99.6 Å². The van der Waals surface area contributed by atoms with Crippen LogP contribution in [0.3, 0.4) is 0 Å². The summed E-state index contributed by atoms with van der Waals surface area (Å²) in [5, 5.41) is 0. The lowest BCUT2D eigenvalue weighted by Gasteiger charge is -2.26. The number of aromatic amines is 1. The molecular weight excluding hydrogens is 371 g/mol. The van der Waals surface area contributed by atoms with Crippen LogP contribution >= 0.6 is 7.60 Å². The van der Waals surface area contributed by atoms with Gasteiger partial charge in [0.15, 0.2) is 0 Å². The number of aromatic nitrogens is 2. The Morgan fingerprint density at radius 3 is 2.11 bits per heavy atom. The summed E-state index contributed by atoms with van der Waals surface area (Å²) in [6.07, 6.45) is 1.03. The summed E-state index contributed by atoms with van der Waals surface area (Å²) < 4.78 is 31.3. The molecule has 0 aliphatic carbocycles.